The Labute approximate surface area is 82.7 Å². The van der Waals surface area contributed by atoms with Gasteiger partial charge in [-0.05, 0) is 30.3 Å². The van der Waals surface area contributed by atoms with Crippen LogP contribution in [0.4, 0.5) is 10.8 Å². The van der Waals surface area contributed by atoms with Crippen molar-refractivity contribution < 1.29 is 0 Å². The Hall–Kier alpha value is -0.770. The molecule has 2 N–H and O–H groups in total. The molecule has 0 saturated heterocycles. The Balaban J connectivity index is 1.92. The average molecular weight is 197 g/mol. The number of aromatic nitrogens is 1. The van der Waals surface area contributed by atoms with Gasteiger partial charge in [0.25, 0.3) is 0 Å². The third-order valence-corrected chi connectivity index (χ3v) is 3.57. The highest BCUT2D eigenvalue weighted by atomic mass is 32.1. The predicted molar refractivity (Wildman–Crippen MR) is 57.1 cm³/mol. The van der Waals surface area contributed by atoms with Crippen LogP contribution in [-0.4, -0.2) is 18.0 Å². The van der Waals surface area contributed by atoms with Crippen molar-refractivity contribution in [1.29, 1.82) is 0 Å². The van der Waals surface area contributed by atoms with Crippen LogP contribution in [0.2, 0.25) is 0 Å². The largest absolute Gasteiger partial charge is 0.383 e. The summed E-state index contributed by atoms with van der Waals surface area (Å²) in [6.07, 6.45) is 4.18. The third kappa shape index (κ3) is 1.94. The quantitative estimate of drug-likeness (QED) is 0.805. The summed E-state index contributed by atoms with van der Waals surface area (Å²) in [5.74, 6) is 1.54. The fourth-order valence-electron chi connectivity index (χ4n) is 1.61. The molecule has 0 atom stereocenters. The van der Waals surface area contributed by atoms with Crippen molar-refractivity contribution >= 4 is 22.4 Å². The van der Waals surface area contributed by atoms with Gasteiger partial charge in [-0.1, -0.05) is 6.42 Å². The van der Waals surface area contributed by atoms with Gasteiger partial charge in [0.1, 0.15) is 10.8 Å². The summed E-state index contributed by atoms with van der Waals surface area (Å²) in [7, 11) is 2.12. The maximum atomic E-state index is 5.57. The Bertz CT molecular complexity index is 280. The summed E-state index contributed by atoms with van der Waals surface area (Å²) < 4.78 is 4.07. The minimum Gasteiger partial charge on any atom is -0.383 e. The van der Waals surface area contributed by atoms with E-state index >= 15 is 0 Å². The van der Waals surface area contributed by atoms with Crippen molar-refractivity contribution in [3.63, 3.8) is 0 Å². The van der Waals surface area contributed by atoms with E-state index in [9.17, 15) is 0 Å². The zero-order chi connectivity index (χ0) is 9.26. The van der Waals surface area contributed by atoms with Crippen LogP contribution in [0, 0.1) is 5.92 Å². The van der Waals surface area contributed by atoms with Crippen LogP contribution in [-0.2, 0) is 0 Å². The molecule has 0 aromatic carbocycles. The Morgan fingerprint density at radius 3 is 2.92 bits per heavy atom. The second-order valence-electron chi connectivity index (χ2n) is 3.77. The molecule has 1 heterocycles. The van der Waals surface area contributed by atoms with Gasteiger partial charge in [0.15, 0.2) is 0 Å². The van der Waals surface area contributed by atoms with E-state index in [1.807, 2.05) is 6.07 Å². The van der Waals surface area contributed by atoms with Gasteiger partial charge in [-0.15, -0.1) is 0 Å². The molecule has 0 radical (unpaired) electrons. The summed E-state index contributed by atoms with van der Waals surface area (Å²) in [5, 5.41) is 1.18. The van der Waals surface area contributed by atoms with E-state index in [0.29, 0.717) is 5.82 Å². The lowest BCUT2D eigenvalue weighted by Gasteiger charge is -2.30. The third-order valence-electron chi connectivity index (χ3n) is 2.65. The Kier molecular flexibility index (Phi) is 2.40. The lowest BCUT2D eigenvalue weighted by atomic mass is 9.85. The van der Waals surface area contributed by atoms with Gasteiger partial charge in [-0.3, -0.25) is 0 Å². The topological polar surface area (TPSA) is 42.1 Å². The minimum atomic E-state index is 0.639. The van der Waals surface area contributed by atoms with E-state index in [2.05, 4.69) is 16.3 Å². The predicted octanol–water partition coefficient (Wildman–Crippen LogP) is 1.96. The highest BCUT2D eigenvalue weighted by Crippen LogP contribution is 2.30. The average Bonchev–Trinajstić information content (AvgIpc) is 2.44. The van der Waals surface area contributed by atoms with E-state index in [-0.39, 0.29) is 0 Å². The molecule has 1 aliphatic rings. The molecule has 0 amide bonds. The molecule has 1 fully saturated rings. The van der Waals surface area contributed by atoms with Crippen LogP contribution >= 0.6 is 11.5 Å². The Morgan fingerprint density at radius 1 is 1.69 bits per heavy atom. The molecule has 72 valence electrons. The highest BCUT2D eigenvalue weighted by Gasteiger charge is 2.19. The molecule has 1 saturated carbocycles. The van der Waals surface area contributed by atoms with Gasteiger partial charge in [0, 0.05) is 19.7 Å². The molecule has 2 rings (SSSR count). The molecular weight excluding hydrogens is 182 g/mol. The van der Waals surface area contributed by atoms with E-state index in [4.69, 9.17) is 5.73 Å². The number of rotatable bonds is 3. The van der Waals surface area contributed by atoms with E-state index in [1.165, 1.54) is 35.8 Å². The summed E-state index contributed by atoms with van der Waals surface area (Å²) in [5.41, 5.74) is 5.57. The van der Waals surface area contributed by atoms with E-state index in [1.54, 1.807) is 0 Å². The number of nitrogens with zero attached hydrogens (tertiary/aromatic N) is 2. The zero-order valence-electron chi connectivity index (χ0n) is 7.86. The van der Waals surface area contributed by atoms with Crippen molar-refractivity contribution in [2.24, 2.45) is 5.92 Å². The number of anilines is 2. The van der Waals surface area contributed by atoms with Gasteiger partial charge in [0.05, 0.1) is 0 Å². The second kappa shape index (κ2) is 3.54. The van der Waals surface area contributed by atoms with Crippen LogP contribution in [0.25, 0.3) is 0 Å². The monoisotopic (exact) mass is 197 g/mol. The van der Waals surface area contributed by atoms with Crippen LogP contribution in [0.3, 0.4) is 0 Å². The van der Waals surface area contributed by atoms with E-state index < -0.39 is 0 Å². The van der Waals surface area contributed by atoms with Gasteiger partial charge in [-0.2, -0.15) is 4.37 Å². The molecule has 1 aromatic rings. The molecule has 3 nitrogen and oxygen atoms in total. The number of hydrogen-bond donors (Lipinski definition) is 1. The maximum absolute atomic E-state index is 5.57. The Morgan fingerprint density at radius 2 is 2.46 bits per heavy atom. The van der Waals surface area contributed by atoms with Crippen molar-refractivity contribution in [2.75, 3.05) is 24.2 Å². The lowest BCUT2D eigenvalue weighted by Crippen LogP contribution is -2.28. The van der Waals surface area contributed by atoms with Crippen LogP contribution in [0.5, 0.6) is 0 Å². The highest BCUT2D eigenvalue weighted by molar-refractivity contribution is 7.10. The van der Waals surface area contributed by atoms with Crippen molar-refractivity contribution in [3.05, 3.63) is 6.07 Å². The molecule has 13 heavy (non-hydrogen) atoms. The number of hydrogen-bond acceptors (Lipinski definition) is 4. The molecule has 1 aromatic heterocycles. The van der Waals surface area contributed by atoms with Crippen LogP contribution in [0.1, 0.15) is 19.3 Å². The van der Waals surface area contributed by atoms with Gasteiger partial charge in [-0.25, -0.2) is 0 Å². The lowest BCUT2D eigenvalue weighted by molar-refractivity contribution is 0.322. The molecule has 0 unspecified atom stereocenters. The van der Waals surface area contributed by atoms with E-state index in [0.717, 1.165) is 12.5 Å². The van der Waals surface area contributed by atoms with Crippen molar-refractivity contribution in [1.82, 2.24) is 4.37 Å². The fraction of sp³-hybridized carbons (Fsp3) is 0.667. The molecule has 0 bridgehead atoms. The fourth-order valence-corrected chi connectivity index (χ4v) is 2.25. The number of nitrogen functional groups attached to an aromatic ring is 1. The molecule has 4 heteroatoms. The summed E-state index contributed by atoms with van der Waals surface area (Å²) in [6.45, 7) is 1.15. The van der Waals surface area contributed by atoms with Gasteiger partial charge in [0.2, 0.25) is 0 Å². The van der Waals surface area contributed by atoms with Crippen molar-refractivity contribution in [2.45, 2.75) is 19.3 Å². The van der Waals surface area contributed by atoms with Gasteiger partial charge >= 0.3 is 0 Å². The molecule has 1 aliphatic carbocycles. The van der Waals surface area contributed by atoms with Crippen LogP contribution in [0.15, 0.2) is 6.07 Å². The normalized spacial score (nSPS) is 17.0. The first-order chi connectivity index (χ1) is 6.25. The second-order valence-corrected chi connectivity index (χ2v) is 4.55. The standard InChI is InChI=1S/C9H15N3S/c1-12(6-7-3-2-4-7)9-5-8(10)11-13-9/h5,7H,2-4,6H2,1H3,(H2,10,11). The van der Waals surface area contributed by atoms with Gasteiger partial charge < -0.3 is 10.6 Å². The van der Waals surface area contributed by atoms with Crippen LogP contribution < -0.4 is 10.6 Å². The number of nitrogens with two attached hydrogens (primary N) is 1. The first-order valence-corrected chi connectivity index (χ1v) is 5.46. The summed E-state index contributed by atoms with van der Waals surface area (Å²) in [6, 6.07) is 1.95. The summed E-state index contributed by atoms with van der Waals surface area (Å²) >= 11 is 1.49. The smallest absolute Gasteiger partial charge is 0.139 e. The first kappa shape index (κ1) is 8.81. The molecule has 0 aliphatic heterocycles. The maximum Gasteiger partial charge on any atom is 0.139 e. The molecular formula is C9H15N3S. The SMILES string of the molecule is CN(CC1CCC1)c1cc(N)ns1. The van der Waals surface area contributed by atoms with Crippen molar-refractivity contribution in [3.8, 4) is 0 Å². The minimum absolute atomic E-state index is 0.639. The first-order valence-electron chi connectivity index (χ1n) is 4.69. The zero-order valence-corrected chi connectivity index (χ0v) is 8.68. The summed E-state index contributed by atoms with van der Waals surface area (Å²) in [4.78, 5) is 2.26. The molecule has 0 spiro atoms.